The number of rotatable bonds is 7. The van der Waals surface area contributed by atoms with Crippen molar-refractivity contribution in [2.75, 3.05) is 27.2 Å². The summed E-state index contributed by atoms with van der Waals surface area (Å²) in [6.45, 7) is 5.47. The van der Waals surface area contributed by atoms with Crippen LogP contribution in [-0.4, -0.2) is 60.1 Å². The molecular formula is C16H27N3O2. The molecule has 0 aromatic heterocycles. The Labute approximate surface area is 127 Å². The Morgan fingerprint density at radius 2 is 1.86 bits per heavy atom. The van der Waals surface area contributed by atoms with E-state index in [0.29, 0.717) is 13.0 Å². The SMILES string of the molecule is CCN(C(=O)C(N)Cc1ccc(O)cc1)C(C)CN(C)C. The number of carbonyl (C=O) groups is 1. The average Bonchev–Trinajstić information content (AvgIpc) is 2.41. The zero-order valence-electron chi connectivity index (χ0n) is 13.4. The van der Waals surface area contributed by atoms with Gasteiger partial charge in [0.15, 0.2) is 0 Å². The van der Waals surface area contributed by atoms with Gasteiger partial charge in [0.1, 0.15) is 5.75 Å². The lowest BCUT2D eigenvalue weighted by Crippen LogP contribution is -2.51. The fourth-order valence-electron chi connectivity index (χ4n) is 2.50. The number of carbonyl (C=O) groups excluding carboxylic acids is 1. The van der Waals surface area contributed by atoms with Crippen molar-refractivity contribution in [1.82, 2.24) is 9.80 Å². The Balaban J connectivity index is 2.68. The smallest absolute Gasteiger partial charge is 0.240 e. The van der Waals surface area contributed by atoms with Crippen LogP contribution in [0.2, 0.25) is 0 Å². The van der Waals surface area contributed by atoms with Gasteiger partial charge in [0.2, 0.25) is 5.91 Å². The summed E-state index contributed by atoms with van der Waals surface area (Å²) in [4.78, 5) is 16.4. The molecule has 5 nitrogen and oxygen atoms in total. The number of hydrogen-bond acceptors (Lipinski definition) is 4. The van der Waals surface area contributed by atoms with Gasteiger partial charge in [0, 0.05) is 19.1 Å². The molecule has 0 fully saturated rings. The van der Waals surface area contributed by atoms with Crippen LogP contribution in [0.4, 0.5) is 0 Å². The maximum absolute atomic E-state index is 12.5. The topological polar surface area (TPSA) is 69.8 Å². The summed E-state index contributed by atoms with van der Waals surface area (Å²) >= 11 is 0. The van der Waals surface area contributed by atoms with Crippen molar-refractivity contribution < 1.29 is 9.90 Å². The molecule has 3 N–H and O–H groups in total. The van der Waals surface area contributed by atoms with Gasteiger partial charge in [0.25, 0.3) is 0 Å². The van der Waals surface area contributed by atoms with Gasteiger partial charge >= 0.3 is 0 Å². The molecule has 0 saturated carbocycles. The van der Waals surface area contributed by atoms with Crippen LogP contribution in [-0.2, 0) is 11.2 Å². The van der Waals surface area contributed by atoms with Gasteiger partial charge in [-0.25, -0.2) is 0 Å². The van der Waals surface area contributed by atoms with Crippen molar-refractivity contribution in [3.8, 4) is 5.75 Å². The molecule has 2 atom stereocenters. The molecule has 21 heavy (non-hydrogen) atoms. The summed E-state index contributed by atoms with van der Waals surface area (Å²) in [7, 11) is 3.98. The van der Waals surface area contributed by atoms with Crippen molar-refractivity contribution in [3.05, 3.63) is 29.8 Å². The lowest BCUT2D eigenvalue weighted by molar-refractivity contribution is -0.134. The van der Waals surface area contributed by atoms with Gasteiger partial charge in [-0.1, -0.05) is 12.1 Å². The molecule has 0 aliphatic rings. The number of hydrogen-bond donors (Lipinski definition) is 2. The van der Waals surface area contributed by atoms with Crippen LogP contribution in [0.15, 0.2) is 24.3 Å². The number of amides is 1. The van der Waals surface area contributed by atoms with Crippen molar-refractivity contribution in [2.24, 2.45) is 5.73 Å². The van der Waals surface area contributed by atoms with E-state index in [1.165, 1.54) is 0 Å². The highest BCUT2D eigenvalue weighted by Crippen LogP contribution is 2.12. The summed E-state index contributed by atoms with van der Waals surface area (Å²) in [5.74, 6) is 0.188. The summed E-state index contributed by atoms with van der Waals surface area (Å²) < 4.78 is 0. The molecule has 0 heterocycles. The van der Waals surface area contributed by atoms with E-state index in [0.717, 1.165) is 12.1 Å². The van der Waals surface area contributed by atoms with Gasteiger partial charge in [-0.3, -0.25) is 4.79 Å². The Bertz CT molecular complexity index is 445. The second-order valence-electron chi connectivity index (χ2n) is 5.71. The highest BCUT2D eigenvalue weighted by Gasteiger charge is 2.24. The normalized spacial score (nSPS) is 14.0. The Morgan fingerprint density at radius 1 is 1.29 bits per heavy atom. The first kappa shape index (κ1) is 17.5. The molecule has 0 aliphatic carbocycles. The van der Waals surface area contributed by atoms with Crippen molar-refractivity contribution in [1.29, 1.82) is 0 Å². The molecule has 0 bridgehead atoms. The third-order valence-corrected chi connectivity index (χ3v) is 3.49. The Kier molecular flexibility index (Phi) is 6.65. The molecule has 0 aliphatic heterocycles. The summed E-state index contributed by atoms with van der Waals surface area (Å²) in [5.41, 5.74) is 7.01. The number of benzene rings is 1. The number of likely N-dealkylation sites (N-methyl/N-ethyl adjacent to an activating group) is 2. The van der Waals surface area contributed by atoms with E-state index in [4.69, 9.17) is 5.73 Å². The Morgan fingerprint density at radius 3 is 2.33 bits per heavy atom. The lowest BCUT2D eigenvalue weighted by Gasteiger charge is -2.32. The second kappa shape index (κ2) is 8.00. The van der Waals surface area contributed by atoms with E-state index < -0.39 is 6.04 Å². The fourth-order valence-corrected chi connectivity index (χ4v) is 2.50. The minimum Gasteiger partial charge on any atom is -0.508 e. The van der Waals surface area contributed by atoms with Gasteiger partial charge in [-0.15, -0.1) is 0 Å². The highest BCUT2D eigenvalue weighted by molar-refractivity contribution is 5.82. The van der Waals surface area contributed by atoms with E-state index in [9.17, 15) is 9.90 Å². The maximum Gasteiger partial charge on any atom is 0.240 e. The van der Waals surface area contributed by atoms with Crippen molar-refractivity contribution in [2.45, 2.75) is 32.4 Å². The summed E-state index contributed by atoms with van der Waals surface area (Å²) in [6, 6.07) is 6.38. The Hall–Kier alpha value is -1.59. The van der Waals surface area contributed by atoms with Gasteiger partial charge in [-0.05, 0) is 52.1 Å². The molecule has 2 unspecified atom stereocenters. The van der Waals surface area contributed by atoms with E-state index in [2.05, 4.69) is 4.90 Å². The predicted octanol–water partition coefficient (Wildman–Crippen LogP) is 1.06. The molecule has 0 radical (unpaired) electrons. The molecule has 1 aromatic carbocycles. The van der Waals surface area contributed by atoms with Gasteiger partial charge in [0.05, 0.1) is 6.04 Å². The summed E-state index contributed by atoms with van der Waals surface area (Å²) in [5, 5.41) is 9.27. The fraction of sp³-hybridized carbons (Fsp3) is 0.562. The predicted molar refractivity (Wildman–Crippen MR) is 85.2 cm³/mol. The first-order valence-electron chi connectivity index (χ1n) is 7.33. The molecule has 0 saturated heterocycles. The van der Waals surface area contributed by atoms with Gasteiger partial charge in [-0.2, -0.15) is 0 Å². The zero-order valence-corrected chi connectivity index (χ0v) is 13.4. The number of nitrogens with zero attached hydrogens (tertiary/aromatic N) is 2. The first-order valence-corrected chi connectivity index (χ1v) is 7.33. The molecule has 1 aromatic rings. The molecule has 0 spiro atoms. The minimum atomic E-state index is -0.556. The average molecular weight is 293 g/mol. The molecule has 1 rings (SSSR count). The van der Waals surface area contributed by atoms with E-state index in [1.807, 2.05) is 32.8 Å². The number of aromatic hydroxyl groups is 1. The zero-order chi connectivity index (χ0) is 16.0. The van der Waals surface area contributed by atoms with Crippen LogP contribution in [0.5, 0.6) is 5.75 Å². The highest BCUT2D eigenvalue weighted by atomic mass is 16.3. The maximum atomic E-state index is 12.5. The van der Waals surface area contributed by atoms with Crippen LogP contribution in [0.1, 0.15) is 19.4 Å². The summed E-state index contributed by atoms with van der Waals surface area (Å²) in [6.07, 6.45) is 0.476. The number of phenolic OH excluding ortho intramolecular Hbond substituents is 1. The standard InChI is InChI=1S/C16H27N3O2/c1-5-19(12(2)11-18(3)4)16(21)15(17)10-13-6-8-14(20)9-7-13/h6-9,12,15,20H,5,10-11,17H2,1-4H3. The first-order chi connectivity index (χ1) is 9.85. The van der Waals surface area contributed by atoms with Crippen LogP contribution < -0.4 is 5.73 Å². The minimum absolute atomic E-state index is 0.0278. The second-order valence-corrected chi connectivity index (χ2v) is 5.71. The largest absolute Gasteiger partial charge is 0.508 e. The van der Waals surface area contributed by atoms with E-state index >= 15 is 0 Å². The van der Waals surface area contributed by atoms with Crippen molar-refractivity contribution >= 4 is 5.91 Å². The molecular weight excluding hydrogens is 266 g/mol. The molecule has 118 valence electrons. The quantitative estimate of drug-likeness (QED) is 0.789. The van der Waals surface area contributed by atoms with E-state index in [1.54, 1.807) is 24.3 Å². The third-order valence-electron chi connectivity index (χ3n) is 3.49. The monoisotopic (exact) mass is 293 g/mol. The van der Waals surface area contributed by atoms with Crippen LogP contribution >= 0.6 is 0 Å². The van der Waals surface area contributed by atoms with Crippen LogP contribution in [0.25, 0.3) is 0 Å². The van der Waals surface area contributed by atoms with Crippen molar-refractivity contribution in [3.63, 3.8) is 0 Å². The van der Waals surface area contributed by atoms with Crippen LogP contribution in [0, 0.1) is 0 Å². The molecule has 5 heteroatoms. The lowest BCUT2D eigenvalue weighted by atomic mass is 10.0. The number of phenols is 1. The van der Waals surface area contributed by atoms with E-state index in [-0.39, 0.29) is 17.7 Å². The number of nitrogens with two attached hydrogens (primary N) is 1. The third kappa shape index (κ3) is 5.36. The van der Waals surface area contributed by atoms with Gasteiger partial charge < -0.3 is 20.6 Å². The molecule has 1 amide bonds. The van der Waals surface area contributed by atoms with Crippen LogP contribution in [0.3, 0.4) is 0 Å².